The molecule has 1 amide bonds. The van der Waals surface area contributed by atoms with Gasteiger partial charge < -0.3 is 10.7 Å². The average Bonchev–Trinajstić information content (AvgIpc) is 3.01. The molecule has 144 valence electrons. The first-order chi connectivity index (χ1) is 13.4. The maximum absolute atomic E-state index is 13.2. The third-order valence-corrected chi connectivity index (χ3v) is 6.04. The summed E-state index contributed by atoms with van der Waals surface area (Å²) in [7, 11) is 0. The Kier molecular flexibility index (Phi) is 5.03. The van der Waals surface area contributed by atoms with Crippen LogP contribution >= 0.6 is 23.4 Å². The third kappa shape index (κ3) is 3.72. The molecule has 0 bridgehead atoms. The zero-order valence-electron chi connectivity index (χ0n) is 15.7. The molecule has 0 unspecified atom stereocenters. The maximum Gasteiger partial charge on any atom is 0.240 e. The normalized spacial score (nSPS) is 18.3. The number of hydrogen-bond donors (Lipinski definition) is 2. The van der Waals surface area contributed by atoms with E-state index in [1.54, 1.807) is 0 Å². The number of halogens is 1. The SMILES string of the molecule is Cc1cc(C)cc(NC(=O)[C@H]2Sc3nnc(C)n3N[C@H]2c2ccc(Cl)cc2)c1. The first-order valence-corrected chi connectivity index (χ1v) is 10.2. The molecule has 0 radical (unpaired) electrons. The van der Waals surface area contributed by atoms with Crippen molar-refractivity contribution in [2.75, 3.05) is 10.7 Å². The predicted octanol–water partition coefficient (Wildman–Crippen LogP) is 4.25. The molecule has 0 spiro atoms. The summed E-state index contributed by atoms with van der Waals surface area (Å²) in [5, 5.41) is 12.3. The number of anilines is 1. The van der Waals surface area contributed by atoms with E-state index in [2.05, 4.69) is 27.0 Å². The Morgan fingerprint density at radius 3 is 2.46 bits per heavy atom. The van der Waals surface area contributed by atoms with Gasteiger partial charge in [0.1, 0.15) is 11.1 Å². The van der Waals surface area contributed by atoms with Crippen LogP contribution in [-0.2, 0) is 4.79 Å². The molecule has 2 N–H and O–H groups in total. The zero-order chi connectivity index (χ0) is 19.8. The van der Waals surface area contributed by atoms with E-state index in [-0.39, 0.29) is 11.9 Å². The lowest BCUT2D eigenvalue weighted by Crippen LogP contribution is -2.41. The molecule has 0 saturated heterocycles. The molecule has 0 saturated carbocycles. The Labute approximate surface area is 172 Å². The van der Waals surface area contributed by atoms with Crippen molar-refractivity contribution in [3.63, 3.8) is 0 Å². The summed E-state index contributed by atoms with van der Waals surface area (Å²) in [6.07, 6.45) is 0. The van der Waals surface area contributed by atoms with Crippen LogP contribution in [0.3, 0.4) is 0 Å². The molecule has 1 aromatic heterocycles. The Hall–Kier alpha value is -2.51. The van der Waals surface area contributed by atoms with Crippen LogP contribution in [0.4, 0.5) is 5.69 Å². The van der Waals surface area contributed by atoms with E-state index < -0.39 is 5.25 Å². The van der Waals surface area contributed by atoms with Crippen molar-refractivity contribution < 1.29 is 4.79 Å². The standard InChI is InChI=1S/C20H20ClN5OS/c1-11-8-12(2)10-16(9-11)22-19(27)18-17(14-4-6-15(21)7-5-14)25-26-13(3)23-24-20(26)28-18/h4-10,17-18,25H,1-3H3,(H,22,27)/t17-,18-/m0/s1. The molecule has 2 heterocycles. The highest BCUT2D eigenvalue weighted by atomic mass is 35.5. The number of amides is 1. The molecule has 2 atom stereocenters. The predicted molar refractivity (Wildman–Crippen MR) is 113 cm³/mol. The van der Waals surface area contributed by atoms with E-state index >= 15 is 0 Å². The number of thioether (sulfide) groups is 1. The van der Waals surface area contributed by atoms with Crippen LogP contribution in [0.25, 0.3) is 0 Å². The number of nitrogens with one attached hydrogen (secondary N) is 2. The van der Waals surface area contributed by atoms with Crippen molar-refractivity contribution in [2.24, 2.45) is 0 Å². The first-order valence-electron chi connectivity index (χ1n) is 8.90. The van der Waals surface area contributed by atoms with Gasteiger partial charge in [-0.2, -0.15) is 0 Å². The molecule has 1 aliphatic rings. The first kappa shape index (κ1) is 18.8. The van der Waals surface area contributed by atoms with Crippen LogP contribution in [0.1, 0.15) is 28.6 Å². The molecule has 28 heavy (non-hydrogen) atoms. The van der Waals surface area contributed by atoms with Crippen LogP contribution in [-0.4, -0.2) is 26.0 Å². The van der Waals surface area contributed by atoms with Crippen LogP contribution in [0, 0.1) is 20.8 Å². The van der Waals surface area contributed by atoms with Gasteiger partial charge in [-0.15, -0.1) is 10.2 Å². The van der Waals surface area contributed by atoms with E-state index in [0.717, 1.165) is 28.2 Å². The fraction of sp³-hybridized carbons (Fsp3) is 0.250. The second kappa shape index (κ2) is 7.48. The summed E-state index contributed by atoms with van der Waals surface area (Å²) < 4.78 is 1.82. The van der Waals surface area contributed by atoms with Crippen LogP contribution in [0.5, 0.6) is 0 Å². The molecular formula is C20H20ClN5OS. The van der Waals surface area contributed by atoms with E-state index in [1.165, 1.54) is 11.8 Å². The maximum atomic E-state index is 13.2. The molecule has 2 aromatic carbocycles. The summed E-state index contributed by atoms with van der Waals surface area (Å²) in [4.78, 5) is 13.2. The van der Waals surface area contributed by atoms with Gasteiger partial charge in [-0.3, -0.25) is 4.79 Å². The molecule has 8 heteroatoms. The number of fused-ring (bicyclic) bond motifs is 1. The lowest BCUT2D eigenvalue weighted by Gasteiger charge is -2.32. The number of hydrogen-bond acceptors (Lipinski definition) is 5. The second-order valence-electron chi connectivity index (χ2n) is 6.93. The van der Waals surface area contributed by atoms with Gasteiger partial charge in [-0.1, -0.05) is 41.6 Å². The summed E-state index contributed by atoms with van der Waals surface area (Å²) in [5.74, 6) is 0.656. The van der Waals surface area contributed by atoms with Crippen molar-refractivity contribution in [1.82, 2.24) is 14.9 Å². The molecular weight excluding hydrogens is 394 g/mol. The van der Waals surface area contributed by atoms with E-state index in [4.69, 9.17) is 11.6 Å². The molecule has 0 fully saturated rings. The largest absolute Gasteiger partial charge is 0.325 e. The molecule has 6 nitrogen and oxygen atoms in total. The van der Waals surface area contributed by atoms with Crippen LogP contribution < -0.4 is 10.7 Å². The van der Waals surface area contributed by atoms with Gasteiger partial charge in [-0.25, -0.2) is 4.68 Å². The Morgan fingerprint density at radius 2 is 1.79 bits per heavy atom. The van der Waals surface area contributed by atoms with Crippen molar-refractivity contribution >= 4 is 35.0 Å². The quantitative estimate of drug-likeness (QED) is 0.671. The van der Waals surface area contributed by atoms with Crippen molar-refractivity contribution in [3.05, 3.63) is 70.0 Å². The molecule has 1 aliphatic heterocycles. The summed E-state index contributed by atoms with van der Waals surface area (Å²) in [5.41, 5.74) is 7.36. The van der Waals surface area contributed by atoms with Gasteiger partial charge in [0.15, 0.2) is 0 Å². The summed E-state index contributed by atoms with van der Waals surface area (Å²) in [6, 6.07) is 13.3. The highest BCUT2D eigenvalue weighted by molar-refractivity contribution is 8.00. The lowest BCUT2D eigenvalue weighted by atomic mass is 10.0. The highest BCUT2D eigenvalue weighted by Gasteiger charge is 2.37. The fourth-order valence-corrected chi connectivity index (χ4v) is 4.59. The van der Waals surface area contributed by atoms with Gasteiger partial charge in [0.05, 0.1) is 6.04 Å². The van der Waals surface area contributed by atoms with Gasteiger partial charge in [-0.05, 0) is 61.7 Å². The number of aromatic nitrogens is 3. The van der Waals surface area contributed by atoms with Crippen molar-refractivity contribution in [3.8, 4) is 0 Å². The third-order valence-electron chi connectivity index (χ3n) is 4.58. The monoisotopic (exact) mass is 413 g/mol. The minimum Gasteiger partial charge on any atom is -0.325 e. The van der Waals surface area contributed by atoms with Crippen molar-refractivity contribution in [2.45, 2.75) is 37.2 Å². The Morgan fingerprint density at radius 1 is 1.11 bits per heavy atom. The van der Waals surface area contributed by atoms with Gasteiger partial charge in [0, 0.05) is 10.7 Å². The number of rotatable bonds is 3. The van der Waals surface area contributed by atoms with Crippen LogP contribution in [0.2, 0.25) is 5.02 Å². The average molecular weight is 414 g/mol. The van der Waals surface area contributed by atoms with Gasteiger partial charge in [0.2, 0.25) is 11.1 Å². The van der Waals surface area contributed by atoms with E-state index in [1.807, 2.05) is 61.8 Å². The zero-order valence-corrected chi connectivity index (χ0v) is 17.3. The molecule has 3 aromatic rings. The minimum absolute atomic E-state index is 0.0886. The summed E-state index contributed by atoms with van der Waals surface area (Å²) in [6.45, 7) is 5.90. The molecule has 0 aliphatic carbocycles. The minimum atomic E-state index is -0.418. The van der Waals surface area contributed by atoms with Crippen molar-refractivity contribution in [1.29, 1.82) is 0 Å². The number of carbonyl (C=O) groups is 1. The van der Waals surface area contributed by atoms with Gasteiger partial charge >= 0.3 is 0 Å². The number of aryl methyl sites for hydroxylation is 3. The fourth-order valence-electron chi connectivity index (χ4n) is 3.34. The Balaban J connectivity index is 1.67. The topological polar surface area (TPSA) is 71.8 Å². The summed E-state index contributed by atoms with van der Waals surface area (Å²) >= 11 is 7.45. The van der Waals surface area contributed by atoms with E-state index in [0.29, 0.717) is 10.2 Å². The number of carbonyl (C=O) groups excluding carboxylic acids is 1. The number of benzene rings is 2. The highest BCUT2D eigenvalue weighted by Crippen LogP contribution is 2.37. The Bertz CT molecular complexity index is 1010. The smallest absolute Gasteiger partial charge is 0.240 e. The van der Waals surface area contributed by atoms with E-state index in [9.17, 15) is 4.79 Å². The molecule has 4 rings (SSSR count). The lowest BCUT2D eigenvalue weighted by molar-refractivity contribution is -0.116. The van der Waals surface area contributed by atoms with Crippen LogP contribution in [0.15, 0.2) is 47.6 Å². The number of nitrogens with zero attached hydrogens (tertiary/aromatic N) is 3. The second-order valence-corrected chi connectivity index (χ2v) is 8.47. The van der Waals surface area contributed by atoms with Gasteiger partial charge in [0.25, 0.3) is 0 Å².